The maximum atomic E-state index is 17.4. The van der Waals surface area contributed by atoms with Gasteiger partial charge >= 0.3 is 12.1 Å². The van der Waals surface area contributed by atoms with E-state index in [1.54, 1.807) is 20.8 Å². The zero-order valence-electron chi connectivity index (χ0n) is 31.6. The van der Waals surface area contributed by atoms with Crippen LogP contribution < -0.4 is 5.32 Å². The van der Waals surface area contributed by atoms with Crippen LogP contribution >= 0.6 is 0 Å². The summed E-state index contributed by atoms with van der Waals surface area (Å²) in [6.45, 7) is 2.53. The molecular weight excluding hydrogens is 749 g/mol. The van der Waals surface area contributed by atoms with Gasteiger partial charge in [-0.25, -0.2) is 14.0 Å². The van der Waals surface area contributed by atoms with Crippen LogP contribution in [0.15, 0.2) is 23.8 Å². The maximum Gasteiger partial charge on any atom is 0.508 e. The molecule has 20 heteroatoms. The van der Waals surface area contributed by atoms with E-state index in [4.69, 9.17) is 14.2 Å². The summed E-state index contributed by atoms with van der Waals surface area (Å²) < 4.78 is 32.7. The van der Waals surface area contributed by atoms with Gasteiger partial charge in [0.05, 0.1) is 25.9 Å². The number of ether oxygens (including phenoxy) is 3. The molecule has 2 fully saturated rings. The molecular formula is C36H50FN3O16. The molecule has 0 heterocycles. The van der Waals surface area contributed by atoms with Gasteiger partial charge in [-0.3, -0.25) is 14.4 Å². The molecule has 0 aromatic heterocycles. The van der Waals surface area contributed by atoms with Gasteiger partial charge in [-0.1, -0.05) is 38.0 Å². The van der Waals surface area contributed by atoms with Crippen LogP contribution in [0, 0.1) is 48.8 Å². The van der Waals surface area contributed by atoms with Crippen molar-refractivity contribution in [3.8, 4) is 0 Å². The molecule has 56 heavy (non-hydrogen) atoms. The van der Waals surface area contributed by atoms with Gasteiger partial charge in [-0.15, -0.1) is 20.2 Å². The smallest absolute Gasteiger partial charge is 0.464 e. The van der Waals surface area contributed by atoms with E-state index < -0.39 is 99.2 Å². The average Bonchev–Trinajstić information content (AvgIpc) is 3.33. The Morgan fingerprint density at radius 3 is 2.29 bits per heavy atom. The van der Waals surface area contributed by atoms with E-state index in [2.05, 4.69) is 15.0 Å². The van der Waals surface area contributed by atoms with Crippen LogP contribution in [0.5, 0.6) is 0 Å². The van der Waals surface area contributed by atoms with Crippen LogP contribution in [0.2, 0.25) is 0 Å². The van der Waals surface area contributed by atoms with Crippen molar-refractivity contribution < 1.29 is 72.6 Å². The van der Waals surface area contributed by atoms with Crippen molar-refractivity contribution in [2.75, 3.05) is 33.0 Å². The van der Waals surface area contributed by atoms with Gasteiger partial charge in [0.25, 0.3) is 10.2 Å². The van der Waals surface area contributed by atoms with Crippen LogP contribution in [-0.2, 0) is 43.1 Å². The number of Topliss-reactive ketones (excluding diaryl/α,β-unsaturated/α-hetero) is 1. The van der Waals surface area contributed by atoms with Crippen molar-refractivity contribution in [1.82, 2.24) is 5.32 Å². The molecule has 4 rings (SSSR count). The van der Waals surface area contributed by atoms with Crippen LogP contribution in [-0.4, -0.2) is 106 Å². The molecule has 19 nitrogen and oxygen atoms in total. The molecule has 4 aliphatic rings. The molecule has 3 N–H and O–H groups in total. The van der Waals surface area contributed by atoms with Gasteiger partial charge in [-0.2, -0.15) is 0 Å². The molecule has 9 atom stereocenters. The van der Waals surface area contributed by atoms with Crippen molar-refractivity contribution in [2.24, 2.45) is 28.6 Å². The molecule has 1 amide bonds. The summed E-state index contributed by atoms with van der Waals surface area (Å²) in [5.41, 5.74) is -6.34. The lowest BCUT2D eigenvalue weighted by Crippen LogP contribution is -2.69. The minimum atomic E-state index is -2.18. The number of allylic oxidation sites excluding steroid dienone is 4. The molecule has 1 unspecified atom stereocenters. The fraction of sp³-hybridized carbons (Fsp3) is 0.750. The maximum absolute atomic E-state index is 17.4. The van der Waals surface area contributed by atoms with Gasteiger partial charge in [0.2, 0.25) is 11.7 Å². The normalized spacial score (nSPS) is 32.0. The fourth-order valence-electron chi connectivity index (χ4n) is 9.23. The third-order valence-corrected chi connectivity index (χ3v) is 12.1. The zero-order chi connectivity index (χ0) is 41.5. The van der Waals surface area contributed by atoms with Crippen molar-refractivity contribution in [3.05, 3.63) is 44.0 Å². The third kappa shape index (κ3) is 8.95. The first-order valence-electron chi connectivity index (χ1n) is 18.7. The summed E-state index contributed by atoms with van der Waals surface area (Å²) in [7, 11) is 0. The number of fused-ring (bicyclic) bond motifs is 5. The van der Waals surface area contributed by atoms with Gasteiger partial charge in [-0.05, 0) is 69.8 Å². The lowest BCUT2D eigenvalue weighted by molar-refractivity contribution is -0.757. The first-order chi connectivity index (χ1) is 26.3. The second kappa shape index (κ2) is 18.0. The van der Waals surface area contributed by atoms with Crippen molar-refractivity contribution >= 4 is 29.6 Å². The van der Waals surface area contributed by atoms with E-state index in [0.717, 1.165) is 0 Å². The second-order valence-corrected chi connectivity index (χ2v) is 15.4. The Morgan fingerprint density at radius 2 is 1.62 bits per heavy atom. The van der Waals surface area contributed by atoms with E-state index in [1.807, 2.05) is 6.08 Å². The van der Waals surface area contributed by atoms with E-state index >= 15 is 4.39 Å². The van der Waals surface area contributed by atoms with E-state index in [9.17, 15) is 54.4 Å². The predicted octanol–water partition coefficient (Wildman–Crippen LogP) is 2.84. The van der Waals surface area contributed by atoms with Gasteiger partial charge < -0.3 is 39.4 Å². The van der Waals surface area contributed by atoms with E-state index in [0.29, 0.717) is 12.0 Å². The number of rotatable bonds is 20. The molecule has 0 spiro atoms. The molecule has 0 aromatic rings. The minimum absolute atomic E-state index is 0.0375. The number of carbonyl (C=O) groups excluding carboxylic acids is 5. The fourth-order valence-corrected chi connectivity index (χ4v) is 9.23. The number of unbranched alkanes of at least 4 members (excludes halogenated alkanes) is 3. The molecule has 0 radical (unpaired) electrons. The quantitative estimate of drug-likeness (QED) is 0.0525. The summed E-state index contributed by atoms with van der Waals surface area (Å²) in [6.07, 6.45) is 2.96. The summed E-state index contributed by atoms with van der Waals surface area (Å²) in [6, 6.07) is -1.54. The van der Waals surface area contributed by atoms with E-state index in [-0.39, 0.29) is 83.4 Å². The molecule has 0 saturated heterocycles. The Bertz CT molecular complexity index is 1610. The highest BCUT2D eigenvalue weighted by Gasteiger charge is 2.75. The number of carbonyl (C=O) groups is 5. The van der Waals surface area contributed by atoms with Crippen molar-refractivity contribution in [1.29, 1.82) is 0 Å². The molecule has 312 valence electrons. The number of halogens is 1. The average molecular weight is 800 g/mol. The third-order valence-electron chi connectivity index (χ3n) is 12.1. The Morgan fingerprint density at radius 1 is 0.982 bits per heavy atom. The highest BCUT2D eigenvalue weighted by atomic mass is 19.1. The molecule has 0 bridgehead atoms. The molecule has 2 saturated carbocycles. The van der Waals surface area contributed by atoms with Gasteiger partial charge in [0, 0.05) is 29.6 Å². The zero-order valence-corrected chi connectivity index (χ0v) is 31.6. The summed E-state index contributed by atoms with van der Waals surface area (Å²) >= 11 is 0. The number of esters is 1. The molecule has 0 aliphatic heterocycles. The SMILES string of the molecule is C[C@H]1C[C@H]2[C@@H]3CC=C4CC(=O)C=C[C@]4(C)[C@@]3(F)[C@@H](O)C[C@]2(C)[C@@]1(O)C(=O)COC(=O)OCC(NC(=O)CCCCCO[N+](=O)[O-])C(=O)OCCCCO[N+](=O)[O-]. The van der Waals surface area contributed by atoms with Crippen LogP contribution in [0.4, 0.5) is 9.18 Å². The van der Waals surface area contributed by atoms with Crippen molar-refractivity contribution in [3.63, 3.8) is 0 Å². The molecule has 4 aliphatic carbocycles. The lowest BCUT2D eigenvalue weighted by atomic mass is 9.45. The number of nitrogens with zero attached hydrogens (tertiary/aromatic N) is 2. The number of nitrogens with one attached hydrogen (secondary N) is 1. The second-order valence-electron chi connectivity index (χ2n) is 15.4. The number of hydrogen-bond acceptors (Lipinski definition) is 16. The first kappa shape index (κ1) is 44.0. The Labute approximate surface area is 321 Å². The summed E-state index contributed by atoms with van der Waals surface area (Å²) in [4.78, 5) is 93.0. The topological polar surface area (TPSA) is 270 Å². The number of amides is 1. The minimum Gasteiger partial charge on any atom is -0.464 e. The highest BCUT2D eigenvalue weighted by molar-refractivity contribution is 5.94. The van der Waals surface area contributed by atoms with E-state index in [1.165, 1.54) is 12.2 Å². The van der Waals surface area contributed by atoms with Gasteiger partial charge in [0.15, 0.2) is 24.1 Å². The van der Waals surface area contributed by atoms with Gasteiger partial charge in [0.1, 0.15) is 12.2 Å². The largest absolute Gasteiger partial charge is 0.508 e. The monoisotopic (exact) mass is 799 g/mol. The highest BCUT2D eigenvalue weighted by Crippen LogP contribution is 2.70. The number of hydrogen-bond donors (Lipinski definition) is 3. The van der Waals surface area contributed by atoms with Crippen molar-refractivity contribution in [2.45, 2.75) is 108 Å². The summed E-state index contributed by atoms with van der Waals surface area (Å²) in [5, 5.41) is 44.7. The van der Waals surface area contributed by atoms with Crippen LogP contribution in [0.3, 0.4) is 0 Å². The first-order valence-corrected chi connectivity index (χ1v) is 18.7. The lowest BCUT2D eigenvalue weighted by Gasteiger charge is -2.62. The number of aliphatic hydroxyl groups is 2. The van der Waals surface area contributed by atoms with Crippen LogP contribution in [0.1, 0.15) is 85.0 Å². The Hall–Kier alpha value is -4.72. The predicted molar refractivity (Wildman–Crippen MR) is 187 cm³/mol. The standard InChI is InChI=1S/C36H50FN3O16/c1-22-17-26-25-11-10-23-18-24(41)12-13-33(23,2)35(25,37)28(42)19-34(26,3)36(22,47)29(43)21-54-32(46)53-20-27(31(45)52-14-7-8-16-56-40(50)51)38-30(44)9-5-4-6-15-55-39(48)49/h10,12-13,22,25-28,42,47H,4-9,11,14-21H2,1-3H3,(H,38,44)/t22-,25-,26-,27?,28-,33-,34-,35-,36-/m0/s1. The summed E-state index contributed by atoms with van der Waals surface area (Å²) in [5.74, 6) is -4.84. The number of alkyl halides is 1. The Kier molecular flexibility index (Phi) is 14.2. The number of aliphatic hydroxyl groups excluding tert-OH is 1. The number of ketones is 2. The Balaban J connectivity index is 1.36. The molecule has 0 aromatic carbocycles. The van der Waals surface area contributed by atoms with Crippen LogP contribution in [0.25, 0.3) is 0 Å².